The second-order valence-corrected chi connectivity index (χ2v) is 9.89. The Morgan fingerprint density at radius 2 is 1.04 bits per heavy atom. The van der Waals surface area contributed by atoms with Crippen molar-refractivity contribution in [2.45, 2.75) is 13.2 Å². The normalized spacial score (nSPS) is 12.2. The first-order chi connectivity index (χ1) is 13.7. The average Bonchev–Trinajstić information content (AvgIpc) is 2.77. The largest absolute Gasteiger partial charge is 0.352 e. The molecule has 0 aliphatic rings. The topological polar surface area (TPSA) is 18.5 Å². The zero-order valence-corrected chi connectivity index (χ0v) is 17.6. The second-order valence-electron chi connectivity index (χ2n) is 6.59. The first-order valence-corrected chi connectivity index (χ1v) is 11.2. The molecule has 144 valence electrons. The molecule has 0 unspecified atom stereocenters. The van der Waals surface area contributed by atoms with Crippen molar-refractivity contribution in [3.8, 4) is 0 Å². The highest BCUT2D eigenvalue weighted by molar-refractivity contribution is 7.94. The van der Waals surface area contributed by atoms with Crippen LogP contribution >= 0.6 is 6.89 Å². The fourth-order valence-corrected chi connectivity index (χ4v) is 7.27. The lowest BCUT2D eigenvalue weighted by Gasteiger charge is -2.28. The van der Waals surface area contributed by atoms with Crippen molar-refractivity contribution in [2.24, 2.45) is 0 Å². The van der Waals surface area contributed by atoms with E-state index in [0.29, 0.717) is 0 Å². The molecule has 0 aromatic heterocycles. The van der Waals surface area contributed by atoms with Crippen LogP contribution in [0.2, 0.25) is 0 Å². The van der Waals surface area contributed by atoms with Crippen molar-refractivity contribution in [1.82, 2.24) is 0 Å². The standard InChI is InChI=1S/C25H27O2P/c1-21(25(26-2)27-3)19-20-28(22-13-7-4-8-14-22,23-15-9-5-10-16-23)24-17-11-6-12-18-24/h4-20,25H,1-3H3. The van der Waals surface area contributed by atoms with Crippen LogP contribution in [-0.2, 0) is 9.47 Å². The molecular formula is C25H27O2P. The van der Waals surface area contributed by atoms with Gasteiger partial charge in [0.2, 0.25) is 0 Å². The number of hydrogen-bond acceptors (Lipinski definition) is 2. The minimum absolute atomic E-state index is 0.347. The third-order valence-electron chi connectivity index (χ3n) is 4.85. The minimum Gasteiger partial charge on any atom is -0.352 e. The van der Waals surface area contributed by atoms with Gasteiger partial charge in [-0.25, -0.2) is 0 Å². The Labute approximate surface area is 168 Å². The van der Waals surface area contributed by atoms with E-state index in [0.717, 1.165) is 5.57 Å². The van der Waals surface area contributed by atoms with Crippen LogP contribution in [0.1, 0.15) is 6.92 Å². The van der Waals surface area contributed by atoms with Crippen molar-refractivity contribution in [3.63, 3.8) is 0 Å². The fraction of sp³-hybridized carbons (Fsp3) is 0.160. The average molecular weight is 390 g/mol. The molecule has 0 aliphatic carbocycles. The summed E-state index contributed by atoms with van der Waals surface area (Å²) < 4.78 is 10.9. The maximum Gasteiger partial charge on any atom is 0.179 e. The van der Waals surface area contributed by atoms with Crippen molar-refractivity contribution in [1.29, 1.82) is 0 Å². The van der Waals surface area contributed by atoms with Crippen molar-refractivity contribution in [2.75, 3.05) is 14.2 Å². The molecule has 0 saturated carbocycles. The SMILES string of the molecule is COC(OC)C(C)=CC=P(c1ccccc1)(c1ccccc1)c1ccccc1. The summed E-state index contributed by atoms with van der Waals surface area (Å²) in [4.78, 5) is 0. The van der Waals surface area contributed by atoms with Gasteiger partial charge in [-0.05, 0) is 35.3 Å². The number of hydrogen-bond donors (Lipinski definition) is 0. The highest BCUT2D eigenvalue weighted by atomic mass is 31.2. The van der Waals surface area contributed by atoms with Crippen LogP contribution < -0.4 is 15.9 Å². The Hall–Kier alpha value is -2.38. The fourth-order valence-electron chi connectivity index (χ4n) is 3.47. The predicted octanol–water partition coefficient (Wildman–Crippen LogP) is 4.35. The van der Waals surface area contributed by atoms with E-state index < -0.39 is 6.89 Å². The Bertz CT molecular complexity index is 840. The van der Waals surface area contributed by atoms with E-state index in [1.165, 1.54) is 15.9 Å². The van der Waals surface area contributed by atoms with Crippen LogP contribution in [0.4, 0.5) is 0 Å². The Morgan fingerprint density at radius 3 is 1.36 bits per heavy atom. The number of rotatable bonds is 7. The van der Waals surface area contributed by atoms with Gasteiger partial charge in [0, 0.05) is 14.2 Å². The van der Waals surface area contributed by atoms with E-state index in [1.807, 2.05) is 6.92 Å². The van der Waals surface area contributed by atoms with E-state index in [-0.39, 0.29) is 6.29 Å². The molecule has 0 atom stereocenters. The number of ether oxygens (including phenoxy) is 2. The maximum absolute atomic E-state index is 5.45. The molecule has 0 fully saturated rings. The summed E-state index contributed by atoms with van der Waals surface area (Å²) in [6, 6.07) is 32.3. The summed E-state index contributed by atoms with van der Waals surface area (Å²) >= 11 is 0. The lowest BCUT2D eigenvalue weighted by Crippen LogP contribution is -2.27. The highest BCUT2D eigenvalue weighted by Crippen LogP contribution is 2.43. The minimum atomic E-state index is -1.98. The third kappa shape index (κ3) is 4.20. The molecule has 0 N–H and O–H groups in total. The molecule has 28 heavy (non-hydrogen) atoms. The summed E-state index contributed by atoms with van der Waals surface area (Å²) in [5, 5.41) is 3.97. The molecule has 3 aromatic rings. The molecule has 3 rings (SSSR count). The van der Waals surface area contributed by atoms with E-state index >= 15 is 0 Å². The Kier molecular flexibility index (Phi) is 7.06. The van der Waals surface area contributed by atoms with Gasteiger partial charge in [-0.1, -0.05) is 103 Å². The molecule has 0 heterocycles. The van der Waals surface area contributed by atoms with Gasteiger partial charge >= 0.3 is 0 Å². The van der Waals surface area contributed by atoms with Crippen LogP contribution in [0, 0.1) is 0 Å². The van der Waals surface area contributed by atoms with Crippen LogP contribution in [0.25, 0.3) is 0 Å². The van der Waals surface area contributed by atoms with Gasteiger partial charge in [0.1, 0.15) is 0 Å². The summed E-state index contributed by atoms with van der Waals surface area (Å²) in [5.74, 6) is 2.37. The van der Waals surface area contributed by atoms with Crippen LogP contribution in [0.5, 0.6) is 0 Å². The summed E-state index contributed by atoms with van der Waals surface area (Å²) in [6.45, 7) is 0.0652. The number of allylic oxidation sites excluding steroid dienone is 1. The lowest BCUT2D eigenvalue weighted by molar-refractivity contribution is -0.0745. The monoisotopic (exact) mass is 390 g/mol. The molecule has 3 aromatic carbocycles. The zero-order valence-electron chi connectivity index (χ0n) is 16.7. The predicted molar refractivity (Wildman–Crippen MR) is 123 cm³/mol. The van der Waals surface area contributed by atoms with Gasteiger partial charge in [0.15, 0.2) is 6.29 Å². The molecule has 0 amide bonds. The van der Waals surface area contributed by atoms with Crippen LogP contribution in [0.15, 0.2) is 103 Å². The number of methoxy groups -OCH3 is 2. The van der Waals surface area contributed by atoms with Gasteiger partial charge < -0.3 is 9.47 Å². The summed E-state index contributed by atoms with van der Waals surface area (Å²) in [5.41, 5.74) is 1.04. The van der Waals surface area contributed by atoms with Crippen molar-refractivity contribution < 1.29 is 9.47 Å². The van der Waals surface area contributed by atoms with E-state index in [2.05, 4.69) is 103 Å². The maximum atomic E-state index is 5.45. The molecule has 0 bridgehead atoms. The van der Waals surface area contributed by atoms with E-state index in [4.69, 9.17) is 9.47 Å². The second kappa shape index (κ2) is 9.71. The molecule has 2 nitrogen and oxygen atoms in total. The Morgan fingerprint density at radius 1 is 0.679 bits per heavy atom. The van der Waals surface area contributed by atoms with Crippen LogP contribution in [0.3, 0.4) is 0 Å². The zero-order chi connectivity index (χ0) is 19.8. The summed E-state index contributed by atoms with van der Waals surface area (Å²) in [6.07, 6.45) is 1.82. The van der Waals surface area contributed by atoms with E-state index in [1.54, 1.807) is 14.2 Å². The highest BCUT2D eigenvalue weighted by Gasteiger charge is 2.24. The first kappa shape index (κ1) is 20.4. The van der Waals surface area contributed by atoms with E-state index in [9.17, 15) is 0 Å². The molecule has 0 spiro atoms. The van der Waals surface area contributed by atoms with Gasteiger partial charge in [-0.2, -0.15) is 0 Å². The van der Waals surface area contributed by atoms with Crippen molar-refractivity contribution >= 4 is 28.6 Å². The summed E-state index contributed by atoms with van der Waals surface area (Å²) in [7, 11) is 3.33. The molecule has 3 heteroatoms. The van der Waals surface area contributed by atoms with Gasteiger partial charge in [-0.15, -0.1) is 0 Å². The molecular weight excluding hydrogens is 363 g/mol. The number of benzene rings is 3. The Balaban J connectivity index is 2.35. The quantitative estimate of drug-likeness (QED) is 0.441. The van der Waals surface area contributed by atoms with Crippen molar-refractivity contribution in [3.05, 3.63) is 103 Å². The van der Waals surface area contributed by atoms with Crippen LogP contribution in [-0.4, -0.2) is 26.3 Å². The first-order valence-electron chi connectivity index (χ1n) is 9.36. The van der Waals surface area contributed by atoms with Gasteiger partial charge in [0.05, 0.1) is 0 Å². The molecule has 0 aliphatic heterocycles. The van der Waals surface area contributed by atoms with Gasteiger partial charge in [0.25, 0.3) is 0 Å². The molecule has 0 radical (unpaired) electrons. The molecule has 0 saturated heterocycles. The van der Waals surface area contributed by atoms with Gasteiger partial charge in [-0.3, -0.25) is 0 Å². The smallest absolute Gasteiger partial charge is 0.179 e. The third-order valence-corrected chi connectivity index (χ3v) is 8.79. The lowest BCUT2D eigenvalue weighted by atomic mass is 10.3.